The van der Waals surface area contributed by atoms with Gasteiger partial charge in [0.05, 0.1) is 23.2 Å². The van der Waals surface area contributed by atoms with E-state index in [1.807, 2.05) is 45.9 Å². The maximum Gasteiger partial charge on any atom is 0.337 e. The molecule has 0 saturated carbocycles. The Morgan fingerprint density at radius 3 is 2.66 bits per heavy atom. The average molecular weight is 551 g/mol. The Balaban J connectivity index is 1.76. The van der Waals surface area contributed by atoms with Crippen molar-refractivity contribution in [2.24, 2.45) is 0 Å². The monoisotopic (exact) mass is 550 g/mol. The quantitative estimate of drug-likeness (QED) is 0.291. The van der Waals surface area contributed by atoms with E-state index in [4.69, 9.17) is 14.5 Å². The van der Waals surface area contributed by atoms with Gasteiger partial charge in [0.2, 0.25) is 5.56 Å². The highest BCUT2D eigenvalue weighted by atomic mass is 16.5. The normalized spacial score (nSPS) is 13.8. The van der Waals surface area contributed by atoms with E-state index in [0.717, 1.165) is 39.8 Å². The second-order valence-electron chi connectivity index (χ2n) is 11.3. The molecule has 208 valence electrons. The van der Waals surface area contributed by atoms with Crippen molar-refractivity contribution < 1.29 is 19.4 Å². The van der Waals surface area contributed by atoms with Crippen molar-refractivity contribution in [3.05, 3.63) is 93.4 Å². The third-order valence-electron chi connectivity index (χ3n) is 7.41. The molecule has 0 spiro atoms. The molecule has 0 saturated heterocycles. The number of H-pyrrole nitrogens is 1. The molecule has 41 heavy (non-hydrogen) atoms. The predicted octanol–water partition coefficient (Wildman–Crippen LogP) is 5.31. The number of nitrogens with one attached hydrogen (secondary N) is 1. The zero-order valence-corrected chi connectivity index (χ0v) is 23.3. The van der Waals surface area contributed by atoms with Gasteiger partial charge in [0, 0.05) is 59.4 Å². The van der Waals surface area contributed by atoms with E-state index >= 15 is 0 Å². The fourth-order valence-corrected chi connectivity index (χ4v) is 5.76. The number of benzene rings is 2. The number of pyridine rings is 2. The van der Waals surface area contributed by atoms with E-state index in [1.165, 1.54) is 12.4 Å². The molecule has 1 atom stereocenters. The van der Waals surface area contributed by atoms with Crippen molar-refractivity contribution >= 4 is 27.8 Å². The number of fused-ring (bicyclic) bond motifs is 1. The number of hydrogen-bond donors (Lipinski definition) is 2. The third-order valence-corrected chi connectivity index (χ3v) is 7.41. The van der Waals surface area contributed by atoms with Crippen LogP contribution in [0.3, 0.4) is 0 Å². The van der Waals surface area contributed by atoms with E-state index in [2.05, 4.69) is 15.0 Å². The molecule has 4 heterocycles. The van der Waals surface area contributed by atoms with Crippen LogP contribution in [0, 0.1) is 6.92 Å². The first-order valence-electron chi connectivity index (χ1n) is 13.5. The van der Waals surface area contributed by atoms with Gasteiger partial charge in [-0.15, -0.1) is 0 Å². The van der Waals surface area contributed by atoms with Crippen LogP contribution in [-0.4, -0.2) is 43.2 Å². The van der Waals surface area contributed by atoms with Crippen LogP contribution in [0.15, 0.2) is 60.0 Å². The maximum atomic E-state index is 13.0. The van der Waals surface area contributed by atoms with Gasteiger partial charge in [0.15, 0.2) is 6.10 Å². The molecule has 1 aliphatic rings. The van der Waals surface area contributed by atoms with Gasteiger partial charge in [-0.25, -0.2) is 14.8 Å². The molecular formula is C32H30N4O5. The van der Waals surface area contributed by atoms with Gasteiger partial charge >= 0.3 is 5.97 Å². The highest BCUT2D eigenvalue weighted by molar-refractivity contribution is 6.09. The smallest absolute Gasteiger partial charge is 0.337 e. The first-order chi connectivity index (χ1) is 19.6. The predicted molar refractivity (Wildman–Crippen MR) is 155 cm³/mol. The molecule has 0 aliphatic carbocycles. The lowest BCUT2D eigenvalue weighted by Gasteiger charge is -2.30. The largest absolute Gasteiger partial charge is 0.493 e. The number of hydrogen-bond acceptors (Lipinski definition) is 7. The SMILES string of the molecule is Cc1c([C@H](OC(C)(C)C)C(=O)O)c(-c2ccc3c4c(ccnc24)CCO3)c2ccc(=O)[nH]c2c1Cc1cncnc1. The molecule has 0 radical (unpaired) electrons. The number of nitrogens with zero attached hydrogens (tertiary/aromatic N) is 3. The van der Waals surface area contributed by atoms with E-state index in [1.54, 1.807) is 24.7 Å². The Labute approximate surface area is 236 Å². The van der Waals surface area contributed by atoms with Crippen molar-refractivity contribution in [2.75, 3.05) is 6.61 Å². The second kappa shape index (κ2) is 10.1. The molecule has 0 unspecified atom stereocenters. The van der Waals surface area contributed by atoms with E-state index < -0.39 is 17.7 Å². The number of ether oxygens (including phenoxy) is 2. The minimum atomic E-state index is -1.30. The zero-order chi connectivity index (χ0) is 28.9. The van der Waals surface area contributed by atoms with Gasteiger partial charge in [-0.2, -0.15) is 0 Å². The molecule has 9 heteroatoms. The average Bonchev–Trinajstić information content (AvgIpc) is 2.94. The molecule has 2 N–H and O–H groups in total. The Morgan fingerprint density at radius 2 is 1.93 bits per heavy atom. The van der Waals surface area contributed by atoms with Crippen LogP contribution in [0.1, 0.15) is 54.7 Å². The topological polar surface area (TPSA) is 127 Å². The second-order valence-corrected chi connectivity index (χ2v) is 11.3. The van der Waals surface area contributed by atoms with Crippen LogP contribution in [-0.2, 0) is 22.4 Å². The molecule has 1 aliphatic heterocycles. The number of carbonyl (C=O) groups is 1. The Bertz CT molecular complexity index is 1870. The lowest BCUT2D eigenvalue weighted by atomic mass is 9.83. The third kappa shape index (κ3) is 4.82. The minimum absolute atomic E-state index is 0.259. The fraction of sp³-hybridized carbons (Fsp3) is 0.281. The minimum Gasteiger partial charge on any atom is -0.493 e. The Morgan fingerprint density at radius 1 is 1.15 bits per heavy atom. The maximum absolute atomic E-state index is 13.0. The summed E-state index contributed by atoms with van der Waals surface area (Å²) in [5.41, 5.74) is 5.63. The van der Waals surface area contributed by atoms with Crippen LogP contribution in [0.5, 0.6) is 5.75 Å². The summed E-state index contributed by atoms with van der Waals surface area (Å²) in [4.78, 5) is 41.7. The van der Waals surface area contributed by atoms with Gasteiger partial charge in [0.25, 0.3) is 0 Å². The lowest BCUT2D eigenvalue weighted by molar-refractivity contribution is -0.160. The summed E-state index contributed by atoms with van der Waals surface area (Å²) in [7, 11) is 0. The fourth-order valence-electron chi connectivity index (χ4n) is 5.76. The molecule has 9 nitrogen and oxygen atoms in total. The van der Waals surface area contributed by atoms with Crippen molar-refractivity contribution in [1.82, 2.24) is 19.9 Å². The number of carboxylic acid groups (broad SMARTS) is 1. The highest BCUT2D eigenvalue weighted by Crippen LogP contribution is 2.46. The first kappa shape index (κ1) is 26.6. The molecule has 6 rings (SSSR count). The molecular weight excluding hydrogens is 520 g/mol. The van der Waals surface area contributed by atoms with E-state index in [9.17, 15) is 14.7 Å². The Hall–Kier alpha value is -4.63. The number of aromatic nitrogens is 4. The van der Waals surface area contributed by atoms with Crippen molar-refractivity contribution in [3.8, 4) is 16.9 Å². The molecule has 0 fully saturated rings. The van der Waals surface area contributed by atoms with Crippen molar-refractivity contribution in [3.63, 3.8) is 0 Å². The number of carboxylic acids is 1. The molecule has 5 aromatic rings. The zero-order valence-electron chi connectivity index (χ0n) is 23.3. The summed E-state index contributed by atoms with van der Waals surface area (Å²) in [6.45, 7) is 7.96. The van der Waals surface area contributed by atoms with Crippen LogP contribution in [0.4, 0.5) is 0 Å². The number of aromatic amines is 1. The van der Waals surface area contributed by atoms with Crippen LogP contribution >= 0.6 is 0 Å². The van der Waals surface area contributed by atoms with E-state index in [0.29, 0.717) is 46.1 Å². The molecule has 0 amide bonds. The summed E-state index contributed by atoms with van der Waals surface area (Å²) < 4.78 is 12.2. The van der Waals surface area contributed by atoms with Crippen LogP contribution in [0.2, 0.25) is 0 Å². The number of rotatable bonds is 6. The molecule has 3 aromatic heterocycles. The first-order valence-corrected chi connectivity index (χ1v) is 13.5. The van der Waals surface area contributed by atoms with Gasteiger partial charge in [0.1, 0.15) is 12.1 Å². The summed E-state index contributed by atoms with van der Waals surface area (Å²) >= 11 is 0. The van der Waals surface area contributed by atoms with Gasteiger partial charge in [-0.05, 0) is 79.8 Å². The summed E-state index contributed by atoms with van der Waals surface area (Å²) in [5.74, 6) is -0.364. The molecule has 2 aromatic carbocycles. The standard InChI is InChI=1S/C32H30N4O5/c1-17-22(13-18-14-33-16-34-15-18)28-20(6-8-24(37)36-28)27(25(17)30(31(38)39)41-32(2,3)4)21-5-7-23-26-19(10-12-40-23)9-11-35-29(21)26/h5-9,11,14-16,30H,10,12-13H2,1-4H3,(H,36,37)(H,38,39)/t30-/m0/s1. The molecule has 0 bridgehead atoms. The summed E-state index contributed by atoms with van der Waals surface area (Å²) in [5, 5.41) is 12.2. The van der Waals surface area contributed by atoms with Crippen molar-refractivity contribution in [2.45, 2.75) is 52.2 Å². The van der Waals surface area contributed by atoms with Crippen LogP contribution < -0.4 is 10.3 Å². The number of aliphatic carboxylic acids is 1. The van der Waals surface area contributed by atoms with Crippen molar-refractivity contribution in [1.29, 1.82) is 0 Å². The lowest BCUT2D eigenvalue weighted by Crippen LogP contribution is -2.28. The van der Waals surface area contributed by atoms with Gasteiger partial charge in [-0.3, -0.25) is 9.78 Å². The Kier molecular flexibility index (Phi) is 6.54. The van der Waals surface area contributed by atoms with Gasteiger partial charge in [-0.1, -0.05) is 0 Å². The van der Waals surface area contributed by atoms with Gasteiger partial charge < -0.3 is 19.6 Å². The van der Waals surface area contributed by atoms with E-state index in [-0.39, 0.29) is 5.56 Å². The van der Waals surface area contributed by atoms with Crippen LogP contribution in [0.25, 0.3) is 32.9 Å². The highest BCUT2D eigenvalue weighted by Gasteiger charge is 2.34. The summed E-state index contributed by atoms with van der Waals surface area (Å²) in [6.07, 6.45) is 6.49. The summed E-state index contributed by atoms with van der Waals surface area (Å²) in [6, 6.07) is 9.03.